The number of alkyl halides is 3. The lowest BCUT2D eigenvalue weighted by Gasteiger charge is -2.20. The summed E-state index contributed by atoms with van der Waals surface area (Å²) in [6, 6.07) is 0.690. The molecule has 0 aromatic carbocycles. The van der Waals surface area contributed by atoms with Gasteiger partial charge < -0.3 is 20.3 Å². The molecule has 3 heterocycles. The lowest BCUT2D eigenvalue weighted by molar-refractivity contribution is -0.137. The SMILES string of the molecule is O=C1NCC(C(=O)N2CCC(Oc3cc(C(F)(F)F)ccn3)C2)N1. The smallest absolute Gasteiger partial charge is 0.416 e. The number of nitrogens with zero attached hydrogens (tertiary/aromatic N) is 2. The van der Waals surface area contributed by atoms with Crippen LogP contribution >= 0.6 is 0 Å². The molecular weight excluding hydrogens is 329 g/mol. The number of amides is 3. The van der Waals surface area contributed by atoms with Crippen molar-refractivity contribution in [1.29, 1.82) is 0 Å². The van der Waals surface area contributed by atoms with Crippen molar-refractivity contribution in [3.8, 4) is 5.88 Å². The van der Waals surface area contributed by atoms with Crippen LogP contribution < -0.4 is 15.4 Å². The molecule has 3 amide bonds. The van der Waals surface area contributed by atoms with Gasteiger partial charge in [0.05, 0.1) is 12.1 Å². The molecule has 10 heteroatoms. The first-order valence-corrected chi connectivity index (χ1v) is 7.36. The molecule has 2 aliphatic rings. The molecule has 0 spiro atoms. The van der Waals surface area contributed by atoms with Gasteiger partial charge in [0.15, 0.2) is 0 Å². The van der Waals surface area contributed by atoms with Gasteiger partial charge in [-0.1, -0.05) is 0 Å². The Morgan fingerprint density at radius 2 is 2.21 bits per heavy atom. The monoisotopic (exact) mass is 344 g/mol. The second kappa shape index (κ2) is 6.17. The number of urea groups is 1. The number of likely N-dealkylation sites (tertiary alicyclic amines) is 1. The molecule has 0 saturated carbocycles. The molecule has 1 aromatic heterocycles. The third-order valence-corrected chi connectivity index (χ3v) is 3.88. The minimum Gasteiger partial charge on any atom is -0.472 e. The molecule has 2 saturated heterocycles. The van der Waals surface area contributed by atoms with Crippen molar-refractivity contribution in [3.05, 3.63) is 23.9 Å². The maximum atomic E-state index is 12.7. The Balaban J connectivity index is 1.58. The predicted octanol–water partition coefficient (Wildman–Crippen LogP) is 0.761. The molecule has 2 unspecified atom stereocenters. The largest absolute Gasteiger partial charge is 0.472 e. The number of carbonyl (C=O) groups excluding carboxylic acids is 2. The Kier molecular flexibility index (Phi) is 4.20. The number of carbonyl (C=O) groups is 2. The number of aromatic nitrogens is 1. The zero-order valence-electron chi connectivity index (χ0n) is 12.5. The highest BCUT2D eigenvalue weighted by molar-refractivity contribution is 5.90. The molecule has 7 nitrogen and oxygen atoms in total. The first kappa shape index (κ1) is 16.3. The number of pyridine rings is 1. The van der Waals surface area contributed by atoms with Crippen LogP contribution in [-0.2, 0) is 11.0 Å². The standard InChI is InChI=1S/C14H15F3N4O3/c15-14(16,17)8-1-3-18-11(5-8)24-9-2-4-21(7-9)12(22)10-6-19-13(23)20-10/h1,3,5,9-10H,2,4,6-7H2,(H2,19,20,23). The van der Waals surface area contributed by atoms with Crippen molar-refractivity contribution in [2.75, 3.05) is 19.6 Å². The van der Waals surface area contributed by atoms with E-state index in [1.165, 1.54) is 4.90 Å². The summed E-state index contributed by atoms with van der Waals surface area (Å²) in [7, 11) is 0. The highest BCUT2D eigenvalue weighted by Gasteiger charge is 2.36. The van der Waals surface area contributed by atoms with Crippen molar-refractivity contribution >= 4 is 11.9 Å². The second-order valence-electron chi connectivity index (χ2n) is 5.60. The van der Waals surface area contributed by atoms with Crippen LogP contribution in [0.2, 0.25) is 0 Å². The number of hydrogen-bond donors (Lipinski definition) is 2. The van der Waals surface area contributed by atoms with E-state index in [0.29, 0.717) is 13.0 Å². The first-order valence-electron chi connectivity index (χ1n) is 7.36. The number of halogens is 3. The van der Waals surface area contributed by atoms with E-state index in [1.54, 1.807) is 0 Å². The average molecular weight is 344 g/mol. The quantitative estimate of drug-likeness (QED) is 0.848. The summed E-state index contributed by atoms with van der Waals surface area (Å²) in [5.41, 5.74) is -0.835. The number of hydrogen-bond acceptors (Lipinski definition) is 4. The summed E-state index contributed by atoms with van der Waals surface area (Å²) in [6.45, 7) is 0.868. The van der Waals surface area contributed by atoms with Gasteiger partial charge in [-0.3, -0.25) is 4.79 Å². The zero-order chi connectivity index (χ0) is 17.3. The van der Waals surface area contributed by atoms with Crippen LogP contribution in [-0.4, -0.2) is 53.6 Å². The van der Waals surface area contributed by atoms with Gasteiger partial charge in [-0.2, -0.15) is 13.2 Å². The van der Waals surface area contributed by atoms with Crippen LogP contribution in [0.5, 0.6) is 5.88 Å². The Morgan fingerprint density at radius 1 is 1.42 bits per heavy atom. The van der Waals surface area contributed by atoms with E-state index in [1.807, 2.05) is 0 Å². The van der Waals surface area contributed by atoms with E-state index in [0.717, 1.165) is 18.3 Å². The van der Waals surface area contributed by atoms with Crippen molar-refractivity contribution in [3.63, 3.8) is 0 Å². The molecule has 2 fully saturated rings. The fourth-order valence-corrected chi connectivity index (χ4v) is 2.67. The molecule has 1 aromatic rings. The van der Waals surface area contributed by atoms with E-state index in [-0.39, 0.29) is 24.9 Å². The maximum Gasteiger partial charge on any atom is 0.416 e. The lowest BCUT2D eigenvalue weighted by atomic mass is 10.2. The van der Waals surface area contributed by atoms with Gasteiger partial charge in [0.2, 0.25) is 11.8 Å². The fraction of sp³-hybridized carbons (Fsp3) is 0.500. The Labute approximate surface area is 135 Å². The van der Waals surface area contributed by atoms with Crippen molar-refractivity contribution in [2.24, 2.45) is 0 Å². The van der Waals surface area contributed by atoms with Gasteiger partial charge in [0, 0.05) is 31.8 Å². The van der Waals surface area contributed by atoms with Crippen LogP contribution in [0.15, 0.2) is 18.3 Å². The maximum absolute atomic E-state index is 12.7. The van der Waals surface area contributed by atoms with Crippen molar-refractivity contribution in [1.82, 2.24) is 20.5 Å². The highest BCUT2D eigenvalue weighted by Crippen LogP contribution is 2.31. The van der Waals surface area contributed by atoms with E-state index in [4.69, 9.17) is 4.74 Å². The normalized spacial score (nSPS) is 23.8. The van der Waals surface area contributed by atoms with Crippen LogP contribution in [0.1, 0.15) is 12.0 Å². The summed E-state index contributed by atoms with van der Waals surface area (Å²) in [4.78, 5) is 28.6. The Bertz CT molecular complexity index is 652. The Hall–Kier alpha value is -2.52. The van der Waals surface area contributed by atoms with Gasteiger partial charge in [0.25, 0.3) is 0 Å². The molecular formula is C14H15F3N4O3. The molecule has 3 rings (SSSR count). The van der Waals surface area contributed by atoms with Crippen LogP contribution in [0.3, 0.4) is 0 Å². The topological polar surface area (TPSA) is 83.6 Å². The number of nitrogens with one attached hydrogen (secondary N) is 2. The molecule has 24 heavy (non-hydrogen) atoms. The average Bonchev–Trinajstić information content (AvgIpc) is 3.15. The summed E-state index contributed by atoms with van der Waals surface area (Å²) in [5, 5.41) is 5.00. The number of rotatable bonds is 3. The van der Waals surface area contributed by atoms with Gasteiger partial charge in [0.1, 0.15) is 12.1 Å². The van der Waals surface area contributed by atoms with E-state index >= 15 is 0 Å². The summed E-state index contributed by atoms with van der Waals surface area (Å²) >= 11 is 0. The van der Waals surface area contributed by atoms with Crippen molar-refractivity contribution < 1.29 is 27.5 Å². The molecule has 2 atom stereocenters. The van der Waals surface area contributed by atoms with Crippen molar-refractivity contribution in [2.45, 2.75) is 24.7 Å². The van der Waals surface area contributed by atoms with E-state index in [9.17, 15) is 22.8 Å². The molecule has 0 bridgehead atoms. The highest BCUT2D eigenvalue weighted by atomic mass is 19.4. The first-order chi connectivity index (χ1) is 11.3. The number of ether oxygens (including phenoxy) is 1. The minimum atomic E-state index is -4.47. The van der Waals surface area contributed by atoms with Crippen LogP contribution in [0, 0.1) is 0 Å². The second-order valence-corrected chi connectivity index (χ2v) is 5.60. The molecule has 2 N–H and O–H groups in total. The summed E-state index contributed by atoms with van der Waals surface area (Å²) in [6.07, 6.45) is -3.38. The Morgan fingerprint density at radius 3 is 2.88 bits per heavy atom. The van der Waals surface area contributed by atoms with Gasteiger partial charge >= 0.3 is 12.2 Å². The third-order valence-electron chi connectivity index (χ3n) is 3.88. The van der Waals surface area contributed by atoms with Gasteiger partial charge in [-0.15, -0.1) is 0 Å². The lowest BCUT2D eigenvalue weighted by Crippen LogP contribution is -2.45. The van der Waals surface area contributed by atoms with Crippen LogP contribution in [0.25, 0.3) is 0 Å². The summed E-state index contributed by atoms with van der Waals surface area (Å²) < 4.78 is 43.5. The molecule has 0 aliphatic carbocycles. The van der Waals surface area contributed by atoms with E-state index in [2.05, 4.69) is 15.6 Å². The third kappa shape index (κ3) is 3.52. The van der Waals surface area contributed by atoms with E-state index < -0.39 is 29.9 Å². The van der Waals surface area contributed by atoms with Gasteiger partial charge in [-0.05, 0) is 6.07 Å². The zero-order valence-corrected chi connectivity index (χ0v) is 12.5. The molecule has 0 radical (unpaired) electrons. The molecule has 2 aliphatic heterocycles. The van der Waals surface area contributed by atoms with Gasteiger partial charge in [-0.25, -0.2) is 9.78 Å². The molecule has 130 valence electrons. The summed E-state index contributed by atoms with van der Waals surface area (Å²) in [5.74, 6) is -0.364. The predicted molar refractivity (Wildman–Crippen MR) is 75.2 cm³/mol. The fourth-order valence-electron chi connectivity index (χ4n) is 2.67. The van der Waals surface area contributed by atoms with Crippen LogP contribution in [0.4, 0.5) is 18.0 Å². The minimum absolute atomic E-state index is 0.125.